The Labute approximate surface area is 274 Å². The van der Waals surface area contributed by atoms with Crippen molar-refractivity contribution in [3.05, 3.63) is 0 Å². The lowest BCUT2D eigenvalue weighted by Crippen LogP contribution is -2.60. The van der Waals surface area contributed by atoms with Gasteiger partial charge in [-0.1, -0.05) is 20.8 Å². The number of rotatable bonds is 5. The first-order valence-electron chi connectivity index (χ1n) is 16.6. The van der Waals surface area contributed by atoms with Gasteiger partial charge in [0, 0.05) is 25.4 Å². The highest BCUT2D eigenvalue weighted by atomic mass is 16.8. The van der Waals surface area contributed by atoms with Crippen LogP contribution in [0.1, 0.15) is 81.6 Å². The molecule has 0 unspecified atom stereocenters. The van der Waals surface area contributed by atoms with Crippen LogP contribution < -0.4 is 0 Å². The van der Waals surface area contributed by atoms with Crippen molar-refractivity contribution in [1.29, 1.82) is 0 Å². The zero-order chi connectivity index (χ0) is 34.9. The van der Waals surface area contributed by atoms with Gasteiger partial charge in [0.05, 0.1) is 35.9 Å². The van der Waals surface area contributed by atoms with E-state index < -0.39 is 77.9 Å². The van der Waals surface area contributed by atoms with Crippen LogP contribution in [-0.2, 0) is 38.0 Å². The van der Waals surface area contributed by atoms with Crippen molar-refractivity contribution in [3.8, 4) is 0 Å². The van der Waals surface area contributed by atoms with Gasteiger partial charge in [0.2, 0.25) is 0 Å². The lowest BCUT2D eigenvalue weighted by molar-refractivity contribution is -0.301. The topological polar surface area (TPSA) is 154 Å². The molecule has 3 aliphatic rings. The maximum Gasteiger partial charge on any atom is 0.509 e. The van der Waals surface area contributed by atoms with Crippen LogP contribution in [0.25, 0.3) is 0 Å². The fourth-order valence-electron chi connectivity index (χ4n) is 7.65. The van der Waals surface area contributed by atoms with Crippen LogP contribution in [0.2, 0.25) is 0 Å². The number of carbonyl (C=O) groups excluding carboxylic acids is 3. The monoisotopic (exact) mass is 658 g/mol. The van der Waals surface area contributed by atoms with Crippen LogP contribution in [0, 0.1) is 17.8 Å². The number of hydrogen-bond donors (Lipinski definition) is 2. The summed E-state index contributed by atoms with van der Waals surface area (Å²) in [5, 5.41) is 23.9. The molecule has 0 spiro atoms. The predicted octanol–water partition coefficient (Wildman–Crippen LogP) is 2.73. The number of hydrogen-bond acceptors (Lipinski definition) is 13. The molecule has 0 saturated carbocycles. The van der Waals surface area contributed by atoms with E-state index in [1.165, 1.54) is 6.92 Å². The van der Waals surface area contributed by atoms with Crippen molar-refractivity contribution in [2.75, 3.05) is 27.7 Å². The van der Waals surface area contributed by atoms with Crippen LogP contribution in [0.15, 0.2) is 0 Å². The van der Waals surface area contributed by atoms with Crippen LogP contribution in [0.4, 0.5) is 4.79 Å². The first-order chi connectivity index (χ1) is 21.2. The van der Waals surface area contributed by atoms with Gasteiger partial charge in [0.1, 0.15) is 6.10 Å². The first kappa shape index (κ1) is 38.4. The number of fused-ring (bicyclic) bond motifs is 1. The molecule has 0 aromatic rings. The molecular weight excluding hydrogens is 600 g/mol. The Morgan fingerprint density at radius 3 is 2.30 bits per heavy atom. The number of cyclic esters (lactones) is 1. The third-order valence-corrected chi connectivity index (χ3v) is 10.2. The Bertz CT molecular complexity index is 1070. The van der Waals surface area contributed by atoms with Crippen LogP contribution >= 0.6 is 0 Å². The summed E-state index contributed by atoms with van der Waals surface area (Å²) >= 11 is 0. The van der Waals surface area contributed by atoms with Gasteiger partial charge < -0.3 is 43.5 Å². The highest BCUT2D eigenvalue weighted by Crippen LogP contribution is 2.40. The Morgan fingerprint density at radius 2 is 1.74 bits per heavy atom. The number of nitrogens with zero attached hydrogens (tertiary/aromatic N) is 2. The minimum Gasteiger partial charge on any atom is -0.458 e. The number of carbonyl (C=O) groups is 3. The summed E-state index contributed by atoms with van der Waals surface area (Å²) in [6.07, 6.45) is -5.72. The van der Waals surface area contributed by atoms with Gasteiger partial charge in [-0.05, 0) is 80.9 Å². The maximum atomic E-state index is 13.6. The molecular formula is C33H58N2O11. The van der Waals surface area contributed by atoms with E-state index in [4.69, 9.17) is 28.4 Å². The van der Waals surface area contributed by atoms with E-state index in [0.717, 1.165) is 0 Å². The van der Waals surface area contributed by atoms with Crippen molar-refractivity contribution in [2.24, 2.45) is 17.8 Å². The molecule has 0 aromatic carbocycles. The predicted molar refractivity (Wildman–Crippen MR) is 168 cm³/mol. The Morgan fingerprint density at radius 1 is 1.11 bits per heavy atom. The van der Waals surface area contributed by atoms with Gasteiger partial charge in [-0.2, -0.15) is 0 Å². The number of ether oxygens (including phenoxy) is 6. The molecule has 3 saturated heterocycles. The third kappa shape index (κ3) is 8.33. The van der Waals surface area contributed by atoms with E-state index in [9.17, 15) is 24.6 Å². The number of likely N-dealkylation sites (N-methyl/N-ethyl adjacent to an activating group) is 2. The Kier molecular flexibility index (Phi) is 12.6. The zero-order valence-corrected chi connectivity index (χ0v) is 29.7. The molecule has 266 valence electrons. The molecule has 0 aliphatic carbocycles. The van der Waals surface area contributed by atoms with Gasteiger partial charge in [-0.15, -0.1) is 0 Å². The number of aliphatic hydroxyl groups excluding tert-OH is 1. The molecule has 3 heterocycles. The highest BCUT2D eigenvalue weighted by molar-refractivity contribution is 5.73. The first-order valence-corrected chi connectivity index (χ1v) is 16.6. The molecule has 13 heteroatoms. The van der Waals surface area contributed by atoms with E-state index in [1.807, 2.05) is 58.6 Å². The smallest absolute Gasteiger partial charge is 0.458 e. The highest BCUT2D eigenvalue weighted by Gasteiger charge is 2.58. The van der Waals surface area contributed by atoms with E-state index in [1.54, 1.807) is 27.7 Å². The molecule has 0 aromatic heterocycles. The normalized spacial score (nSPS) is 45.1. The molecule has 13 nitrogen and oxygen atoms in total. The minimum absolute atomic E-state index is 0.102. The molecule has 0 amide bonds. The minimum atomic E-state index is -1.53. The fraction of sp³-hybridized carbons (Fsp3) is 0.909. The second-order valence-electron chi connectivity index (χ2n) is 14.6. The molecule has 2 N–H and O–H groups in total. The lowest BCUT2D eigenvalue weighted by Gasteiger charge is -2.47. The average Bonchev–Trinajstić information content (AvgIpc) is 3.26. The Balaban J connectivity index is 2.05. The Hall–Kier alpha value is -2.03. The van der Waals surface area contributed by atoms with Crippen molar-refractivity contribution < 1.29 is 53.0 Å². The summed E-state index contributed by atoms with van der Waals surface area (Å²) in [5.74, 6) is -3.14. The summed E-state index contributed by atoms with van der Waals surface area (Å²) in [7, 11) is 5.68. The van der Waals surface area contributed by atoms with E-state index in [-0.39, 0.29) is 30.5 Å². The molecule has 3 aliphatic heterocycles. The quantitative estimate of drug-likeness (QED) is 0.329. The summed E-state index contributed by atoms with van der Waals surface area (Å²) < 4.78 is 35.9. The summed E-state index contributed by atoms with van der Waals surface area (Å²) in [4.78, 5) is 42.2. The molecule has 14 atom stereocenters. The van der Waals surface area contributed by atoms with Gasteiger partial charge in [0.25, 0.3) is 0 Å². The van der Waals surface area contributed by atoms with Gasteiger partial charge in [-0.3, -0.25) is 14.5 Å². The standard InChI is InChI=1S/C33H58N2O11/c1-13-24-33(9)28(45-31(39)46-33)21(6)35(12)16-17(2)15-32(8,40)27(19(4)25(37)20(5)29(38)43-24)44-30-26(42-22(7)36)23(34(10)11)14-18(3)41-30/h17-21,23-28,30,37,40H,13-16H2,1-12H3/t17-,18-,19+,20-,21-,23+,24-,25+,26-,27-,28-,30+,32-,33-/m1/s1. The number of esters is 2. The second-order valence-corrected chi connectivity index (χ2v) is 14.6. The van der Waals surface area contributed by atoms with Crippen LogP contribution in [0.5, 0.6) is 0 Å². The third-order valence-electron chi connectivity index (χ3n) is 10.2. The molecule has 3 fully saturated rings. The van der Waals surface area contributed by atoms with E-state index >= 15 is 0 Å². The summed E-state index contributed by atoms with van der Waals surface area (Å²) in [6, 6.07) is -0.559. The van der Waals surface area contributed by atoms with Gasteiger partial charge in [0.15, 0.2) is 24.1 Å². The van der Waals surface area contributed by atoms with Crippen LogP contribution in [-0.4, -0.2) is 132 Å². The van der Waals surface area contributed by atoms with E-state index in [2.05, 4.69) is 0 Å². The average molecular weight is 659 g/mol. The van der Waals surface area contributed by atoms with E-state index in [0.29, 0.717) is 19.4 Å². The van der Waals surface area contributed by atoms with Crippen LogP contribution in [0.3, 0.4) is 0 Å². The zero-order valence-electron chi connectivity index (χ0n) is 29.7. The summed E-state index contributed by atoms with van der Waals surface area (Å²) in [6.45, 7) is 16.1. The van der Waals surface area contributed by atoms with Crippen molar-refractivity contribution in [3.63, 3.8) is 0 Å². The lowest BCUT2D eigenvalue weighted by atomic mass is 9.78. The number of aliphatic hydroxyl groups is 2. The van der Waals surface area contributed by atoms with Crippen molar-refractivity contribution in [2.45, 2.75) is 148 Å². The molecule has 46 heavy (non-hydrogen) atoms. The SMILES string of the molecule is CC[C@H]1OC(=O)[C@H](C)[C@@H](O)[C@H](C)[C@@H](O[C@@H]2O[C@H](C)C[C@H](N(C)C)[C@H]2OC(C)=O)[C@](C)(O)C[C@@H](C)CN(C)[C@H](C)[C@H]2OC(=O)O[C@@]21C. The van der Waals surface area contributed by atoms with Crippen molar-refractivity contribution >= 4 is 18.1 Å². The molecule has 0 radical (unpaired) electrons. The summed E-state index contributed by atoms with van der Waals surface area (Å²) in [5.41, 5.74) is -2.80. The van der Waals surface area contributed by atoms with Crippen molar-refractivity contribution in [1.82, 2.24) is 9.80 Å². The maximum absolute atomic E-state index is 13.6. The fourth-order valence-corrected chi connectivity index (χ4v) is 7.65. The van der Waals surface area contributed by atoms with Gasteiger partial charge >= 0.3 is 18.1 Å². The molecule has 0 bridgehead atoms. The van der Waals surface area contributed by atoms with Gasteiger partial charge in [-0.25, -0.2) is 4.79 Å². The largest absolute Gasteiger partial charge is 0.509 e. The second kappa shape index (κ2) is 15.0. The molecule has 3 rings (SSSR count).